The highest BCUT2D eigenvalue weighted by Gasteiger charge is 2.08. The van der Waals surface area contributed by atoms with Crippen LogP contribution in [0.5, 0.6) is 0 Å². The van der Waals surface area contributed by atoms with Gasteiger partial charge in [0.25, 0.3) is 0 Å². The van der Waals surface area contributed by atoms with Crippen LogP contribution < -0.4 is 0 Å². The smallest absolute Gasteiger partial charge is 0.00385 e. The first-order chi connectivity index (χ1) is 6.57. The van der Waals surface area contributed by atoms with E-state index in [-0.39, 0.29) is 0 Å². The van der Waals surface area contributed by atoms with Gasteiger partial charge < -0.3 is 4.90 Å². The quantitative estimate of drug-likeness (QED) is 0.572. The van der Waals surface area contributed by atoms with Gasteiger partial charge in [-0.3, -0.25) is 0 Å². The largest absolute Gasteiger partial charge is 0.301 e. The molecule has 0 spiro atoms. The van der Waals surface area contributed by atoms with Gasteiger partial charge in [0.15, 0.2) is 0 Å². The van der Waals surface area contributed by atoms with Crippen LogP contribution in [0.1, 0.15) is 60.3 Å². The molecule has 0 aliphatic heterocycles. The molecule has 0 amide bonds. The van der Waals surface area contributed by atoms with E-state index in [1.165, 1.54) is 38.8 Å². The summed E-state index contributed by atoms with van der Waals surface area (Å²) in [7, 11) is 0. The van der Waals surface area contributed by atoms with E-state index >= 15 is 0 Å². The third-order valence-corrected chi connectivity index (χ3v) is 2.76. The highest BCUT2D eigenvalue weighted by atomic mass is 15.1. The lowest BCUT2D eigenvalue weighted by Crippen LogP contribution is -2.32. The molecular formula is C13H29N. The minimum Gasteiger partial charge on any atom is -0.301 e. The van der Waals surface area contributed by atoms with Gasteiger partial charge in [0.2, 0.25) is 0 Å². The fourth-order valence-corrected chi connectivity index (χ4v) is 1.69. The van der Waals surface area contributed by atoms with Crippen molar-refractivity contribution >= 4 is 0 Å². The molecule has 0 rings (SSSR count). The maximum Gasteiger partial charge on any atom is 0.00385 e. The minimum atomic E-state index is 0.716. The molecule has 1 nitrogen and oxygen atoms in total. The van der Waals surface area contributed by atoms with E-state index in [1.54, 1.807) is 0 Å². The van der Waals surface area contributed by atoms with Crippen LogP contribution in [0.4, 0.5) is 0 Å². The first kappa shape index (κ1) is 14.0. The molecule has 0 heterocycles. The number of hydrogen-bond donors (Lipinski definition) is 0. The van der Waals surface area contributed by atoms with E-state index < -0.39 is 0 Å². The molecule has 0 aromatic heterocycles. The Morgan fingerprint density at radius 2 is 1.50 bits per heavy atom. The van der Waals surface area contributed by atoms with Gasteiger partial charge in [-0.05, 0) is 52.1 Å². The van der Waals surface area contributed by atoms with Gasteiger partial charge in [0.1, 0.15) is 0 Å². The van der Waals surface area contributed by atoms with Crippen molar-refractivity contribution in [2.45, 2.75) is 66.3 Å². The van der Waals surface area contributed by atoms with Crippen molar-refractivity contribution in [1.29, 1.82) is 0 Å². The molecule has 0 bridgehead atoms. The fraction of sp³-hybridized carbons (Fsp3) is 1.00. The Labute approximate surface area is 90.9 Å². The summed E-state index contributed by atoms with van der Waals surface area (Å²) in [5.41, 5.74) is 0. The maximum atomic E-state index is 2.62. The Bertz CT molecular complexity index is 118. The second-order valence-corrected chi connectivity index (χ2v) is 5.02. The molecule has 1 heteroatoms. The lowest BCUT2D eigenvalue weighted by Gasteiger charge is -2.26. The van der Waals surface area contributed by atoms with Crippen molar-refractivity contribution in [3.05, 3.63) is 0 Å². The van der Waals surface area contributed by atoms with Gasteiger partial charge in [-0.2, -0.15) is 0 Å². The predicted molar refractivity (Wildman–Crippen MR) is 65.7 cm³/mol. The van der Waals surface area contributed by atoms with Gasteiger partial charge in [-0.1, -0.05) is 27.2 Å². The summed E-state index contributed by atoms with van der Waals surface area (Å²) >= 11 is 0. The van der Waals surface area contributed by atoms with Crippen molar-refractivity contribution in [2.75, 3.05) is 13.1 Å². The summed E-state index contributed by atoms with van der Waals surface area (Å²) in [6, 6.07) is 0.716. The predicted octanol–water partition coefficient (Wildman–Crippen LogP) is 3.93. The van der Waals surface area contributed by atoms with Crippen molar-refractivity contribution in [1.82, 2.24) is 4.90 Å². The summed E-state index contributed by atoms with van der Waals surface area (Å²) in [5, 5.41) is 0. The monoisotopic (exact) mass is 199 g/mol. The summed E-state index contributed by atoms with van der Waals surface area (Å²) in [4.78, 5) is 2.62. The number of unbranched alkanes of at least 4 members (excludes halogenated alkanes) is 1. The van der Waals surface area contributed by atoms with E-state index in [9.17, 15) is 0 Å². The minimum absolute atomic E-state index is 0.716. The molecule has 0 saturated heterocycles. The summed E-state index contributed by atoms with van der Waals surface area (Å²) < 4.78 is 0. The van der Waals surface area contributed by atoms with Crippen molar-refractivity contribution in [3.8, 4) is 0 Å². The average Bonchev–Trinajstić information content (AvgIpc) is 2.09. The fourth-order valence-electron chi connectivity index (χ4n) is 1.69. The molecule has 0 atom stereocenters. The van der Waals surface area contributed by atoms with Crippen LogP contribution in [0.3, 0.4) is 0 Å². The molecule has 0 fully saturated rings. The Morgan fingerprint density at radius 1 is 0.929 bits per heavy atom. The molecule has 0 N–H and O–H groups in total. The molecule has 0 saturated carbocycles. The lowest BCUT2D eigenvalue weighted by atomic mass is 10.1. The van der Waals surface area contributed by atoms with Crippen LogP contribution in [0.25, 0.3) is 0 Å². The van der Waals surface area contributed by atoms with E-state index in [2.05, 4.69) is 39.5 Å². The zero-order valence-electron chi connectivity index (χ0n) is 10.8. The first-order valence-corrected chi connectivity index (χ1v) is 6.32. The molecule has 86 valence electrons. The van der Waals surface area contributed by atoms with Gasteiger partial charge in [0.05, 0.1) is 0 Å². The second kappa shape index (κ2) is 8.28. The Hall–Kier alpha value is -0.0400. The molecular weight excluding hydrogens is 170 g/mol. The van der Waals surface area contributed by atoms with Crippen molar-refractivity contribution in [2.24, 2.45) is 5.92 Å². The van der Waals surface area contributed by atoms with Gasteiger partial charge in [0, 0.05) is 6.04 Å². The standard InChI is InChI=1S/C13H29N/c1-6-7-10-14(13(4)5)11-8-9-12(2)3/h12-13H,6-11H2,1-5H3. The lowest BCUT2D eigenvalue weighted by molar-refractivity contribution is 0.211. The molecule has 0 aromatic carbocycles. The molecule has 0 unspecified atom stereocenters. The SMILES string of the molecule is CCCCN(CCCC(C)C)C(C)C. The van der Waals surface area contributed by atoms with Gasteiger partial charge in [-0.25, -0.2) is 0 Å². The number of rotatable bonds is 8. The zero-order chi connectivity index (χ0) is 11.0. The molecule has 0 aliphatic carbocycles. The van der Waals surface area contributed by atoms with Crippen LogP contribution in [-0.4, -0.2) is 24.0 Å². The first-order valence-electron chi connectivity index (χ1n) is 6.32. The highest BCUT2D eigenvalue weighted by Crippen LogP contribution is 2.08. The van der Waals surface area contributed by atoms with Crippen LogP contribution >= 0.6 is 0 Å². The Kier molecular flexibility index (Phi) is 8.26. The highest BCUT2D eigenvalue weighted by molar-refractivity contribution is 4.63. The van der Waals surface area contributed by atoms with Crippen LogP contribution in [-0.2, 0) is 0 Å². The molecule has 0 aliphatic rings. The summed E-state index contributed by atoms with van der Waals surface area (Å²) in [6.07, 6.45) is 5.39. The van der Waals surface area contributed by atoms with Crippen LogP contribution in [0.2, 0.25) is 0 Å². The van der Waals surface area contributed by atoms with Crippen molar-refractivity contribution < 1.29 is 0 Å². The van der Waals surface area contributed by atoms with E-state index in [0.717, 1.165) is 5.92 Å². The maximum absolute atomic E-state index is 2.62. The third-order valence-electron chi connectivity index (χ3n) is 2.76. The average molecular weight is 199 g/mol. The summed E-state index contributed by atoms with van der Waals surface area (Å²) in [5.74, 6) is 0.857. The topological polar surface area (TPSA) is 3.24 Å². The van der Waals surface area contributed by atoms with E-state index in [1.807, 2.05) is 0 Å². The second-order valence-electron chi connectivity index (χ2n) is 5.02. The zero-order valence-corrected chi connectivity index (χ0v) is 10.8. The molecule has 0 aromatic rings. The molecule has 14 heavy (non-hydrogen) atoms. The van der Waals surface area contributed by atoms with Gasteiger partial charge in [-0.15, -0.1) is 0 Å². The normalized spacial score (nSPS) is 12.0. The van der Waals surface area contributed by atoms with Gasteiger partial charge >= 0.3 is 0 Å². The van der Waals surface area contributed by atoms with E-state index in [0.29, 0.717) is 6.04 Å². The van der Waals surface area contributed by atoms with E-state index in [4.69, 9.17) is 0 Å². The number of hydrogen-bond acceptors (Lipinski definition) is 1. The van der Waals surface area contributed by atoms with Crippen LogP contribution in [0, 0.1) is 5.92 Å². The third kappa shape index (κ3) is 7.37. The summed E-state index contributed by atoms with van der Waals surface area (Å²) in [6.45, 7) is 14.1. The number of nitrogens with zero attached hydrogens (tertiary/aromatic N) is 1. The Morgan fingerprint density at radius 3 is 1.93 bits per heavy atom. The van der Waals surface area contributed by atoms with Crippen molar-refractivity contribution in [3.63, 3.8) is 0 Å². The Balaban J connectivity index is 3.62. The molecule has 0 radical (unpaired) electrons. The van der Waals surface area contributed by atoms with Crippen LogP contribution in [0.15, 0.2) is 0 Å².